The van der Waals surface area contributed by atoms with Crippen molar-refractivity contribution in [3.63, 3.8) is 0 Å². The van der Waals surface area contributed by atoms with Crippen LogP contribution in [0, 0.1) is 6.92 Å². The standard InChI is InChI=1S/C12H12F2O3/c1-7-2-3-8-4-5-11(17,9(8)6-7)12(13,14)10(15)16/h2-3,6,17H,4-5H2,1H3,(H,15,16). The van der Waals surface area contributed by atoms with Crippen molar-refractivity contribution >= 4 is 5.97 Å². The Labute approximate surface area is 96.7 Å². The number of rotatable bonds is 2. The fourth-order valence-corrected chi connectivity index (χ4v) is 2.25. The van der Waals surface area contributed by atoms with Crippen LogP contribution in [0.25, 0.3) is 0 Å². The van der Waals surface area contributed by atoms with Crippen molar-refractivity contribution in [2.24, 2.45) is 0 Å². The van der Waals surface area contributed by atoms with Crippen molar-refractivity contribution in [3.8, 4) is 0 Å². The first-order valence-electron chi connectivity index (χ1n) is 5.22. The van der Waals surface area contributed by atoms with E-state index in [-0.39, 0.29) is 18.4 Å². The Bertz CT molecular complexity index is 485. The number of aliphatic carboxylic acids is 1. The van der Waals surface area contributed by atoms with E-state index in [9.17, 15) is 18.7 Å². The highest BCUT2D eigenvalue weighted by atomic mass is 19.3. The lowest BCUT2D eigenvalue weighted by atomic mass is 9.88. The van der Waals surface area contributed by atoms with Crippen molar-refractivity contribution < 1.29 is 23.8 Å². The molecule has 3 nitrogen and oxygen atoms in total. The zero-order chi connectivity index (χ0) is 12.8. The molecule has 2 rings (SSSR count). The van der Waals surface area contributed by atoms with Gasteiger partial charge in [-0.1, -0.05) is 23.8 Å². The molecule has 0 heterocycles. The summed E-state index contributed by atoms with van der Waals surface area (Å²) in [5.41, 5.74) is -1.27. The number of carbonyl (C=O) groups is 1. The Balaban J connectivity index is 2.58. The molecule has 2 N–H and O–H groups in total. The normalized spacial score (nSPS) is 23.5. The lowest BCUT2D eigenvalue weighted by Crippen LogP contribution is -2.49. The first kappa shape index (κ1) is 12.0. The molecule has 1 unspecified atom stereocenters. The third-order valence-electron chi connectivity index (χ3n) is 3.26. The Kier molecular flexibility index (Phi) is 2.47. The molecule has 1 atom stereocenters. The lowest BCUT2D eigenvalue weighted by molar-refractivity contribution is -0.211. The van der Waals surface area contributed by atoms with E-state index in [4.69, 9.17) is 5.11 Å². The van der Waals surface area contributed by atoms with E-state index in [2.05, 4.69) is 0 Å². The third kappa shape index (κ3) is 1.53. The Morgan fingerprint density at radius 3 is 2.71 bits per heavy atom. The number of benzene rings is 1. The highest BCUT2D eigenvalue weighted by Crippen LogP contribution is 2.47. The second kappa shape index (κ2) is 3.50. The molecule has 0 amide bonds. The van der Waals surface area contributed by atoms with Crippen LogP contribution in [-0.4, -0.2) is 22.1 Å². The van der Waals surface area contributed by atoms with Crippen molar-refractivity contribution in [2.45, 2.75) is 31.3 Å². The van der Waals surface area contributed by atoms with E-state index in [1.807, 2.05) is 0 Å². The van der Waals surface area contributed by atoms with Gasteiger partial charge in [0, 0.05) is 0 Å². The fourth-order valence-electron chi connectivity index (χ4n) is 2.25. The fraction of sp³-hybridized carbons (Fsp3) is 0.417. The van der Waals surface area contributed by atoms with E-state index >= 15 is 0 Å². The first-order valence-corrected chi connectivity index (χ1v) is 5.22. The molecular weight excluding hydrogens is 230 g/mol. The highest BCUT2D eigenvalue weighted by Gasteiger charge is 2.62. The van der Waals surface area contributed by atoms with Gasteiger partial charge in [0.05, 0.1) is 0 Å². The monoisotopic (exact) mass is 242 g/mol. The minimum Gasteiger partial charge on any atom is -0.477 e. The number of hydrogen-bond donors (Lipinski definition) is 2. The molecule has 0 fully saturated rings. The van der Waals surface area contributed by atoms with E-state index in [0.717, 1.165) is 0 Å². The maximum absolute atomic E-state index is 13.6. The highest BCUT2D eigenvalue weighted by molar-refractivity contribution is 5.78. The van der Waals surface area contributed by atoms with Gasteiger partial charge < -0.3 is 10.2 Å². The van der Waals surface area contributed by atoms with Crippen LogP contribution >= 0.6 is 0 Å². The summed E-state index contributed by atoms with van der Waals surface area (Å²) in [4.78, 5) is 10.6. The molecule has 1 aromatic rings. The van der Waals surface area contributed by atoms with Crippen LogP contribution in [0.3, 0.4) is 0 Å². The van der Waals surface area contributed by atoms with Crippen molar-refractivity contribution in [1.82, 2.24) is 0 Å². The minimum atomic E-state index is -4.17. The number of aryl methyl sites for hydroxylation is 2. The topological polar surface area (TPSA) is 57.5 Å². The van der Waals surface area contributed by atoms with Crippen LogP contribution in [0.1, 0.15) is 23.1 Å². The number of aliphatic hydroxyl groups is 1. The zero-order valence-electron chi connectivity index (χ0n) is 9.20. The van der Waals surface area contributed by atoms with Crippen LogP contribution < -0.4 is 0 Å². The van der Waals surface area contributed by atoms with Gasteiger partial charge in [-0.3, -0.25) is 0 Å². The quantitative estimate of drug-likeness (QED) is 0.832. The van der Waals surface area contributed by atoms with E-state index in [0.29, 0.717) is 11.1 Å². The molecule has 0 radical (unpaired) electrons. The smallest absolute Gasteiger partial charge is 0.378 e. The third-order valence-corrected chi connectivity index (χ3v) is 3.26. The van der Waals surface area contributed by atoms with Gasteiger partial charge in [-0.2, -0.15) is 8.78 Å². The van der Waals surface area contributed by atoms with Crippen LogP contribution in [0.5, 0.6) is 0 Å². The zero-order valence-corrected chi connectivity index (χ0v) is 9.20. The summed E-state index contributed by atoms with van der Waals surface area (Å²) in [7, 11) is 0. The van der Waals surface area contributed by atoms with Crippen LogP contribution in [0.15, 0.2) is 18.2 Å². The Morgan fingerprint density at radius 1 is 1.47 bits per heavy atom. The molecular formula is C12H12F2O3. The number of carboxylic acids is 1. The molecule has 1 aliphatic rings. The number of hydrogen-bond acceptors (Lipinski definition) is 2. The van der Waals surface area contributed by atoms with Gasteiger partial charge in [-0.05, 0) is 30.9 Å². The van der Waals surface area contributed by atoms with Gasteiger partial charge in [0.2, 0.25) is 0 Å². The van der Waals surface area contributed by atoms with Gasteiger partial charge in [0.25, 0.3) is 0 Å². The average Bonchev–Trinajstić information content (AvgIpc) is 2.58. The predicted octanol–water partition coefficient (Wildman–Crippen LogP) is 1.85. The number of fused-ring (bicyclic) bond motifs is 1. The predicted molar refractivity (Wildman–Crippen MR) is 56.0 cm³/mol. The lowest BCUT2D eigenvalue weighted by Gasteiger charge is -2.30. The summed E-state index contributed by atoms with van der Waals surface area (Å²) in [6, 6.07) is 4.84. The van der Waals surface area contributed by atoms with Crippen molar-refractivity contribution in [3.05, 3.63) is 34.9 Å². The first-order chi connectivity index (χ1) is 7.79. The Morgan fingerprint density at radius 2 is 2.12 bits per heavy atom. The molecule has 1 aliphatic carbocycles. The molecule has 0 aliphatic heterocycles. The van der Waals surface area contributed by atoms with Crippen LogP contribution in [0.2, 0.25) is 0 Å². The summed E-state index contributed by atoms with van der Waals surface area (Å²) >= 11 is 0. The summed E-state index contributed by atoms with van der Waals surface area (Å²) < 4.78 is 27.2. The summed E-state index contributed by atoms with van der Waals surface area (Å²) in [6.07, 6.45) is -0.0138. The molecule has 92 valence electrons. The average molecular weight is 242 g/mol. The van der Waals surface area contributed by atoms with Crippen molar-refractivity contribution in [2.75, 3.05) is 0 Å². The van der Waals surface area contributed by atoms with Crippen LogP contribution in [-0.2, 0) is 16.8 Å². The van der Waals surface area contributed by atoms with Crippen LogP contribution in [0.4, 0.5) is 8.78 Å². The molecule has 0 aromatic heterocycles. The van der Waals surface area contributed by atoms with Gasteiger partial charge in [0.1, 0.15) is 0 Å². The molecule has 17 heavy (non-hydrogen) atoms. The molecule has 0 spiro atoms. The molecule has 0 bridgehead atoms. The summed E-state index contributed by atoms with van der Waals surface area (Å²) in [6.45, 7) is 1.71. The molecule has 1 aromatic carbocycles. The number of halogens is 2. The van der Waals surface area contributed by atoms with Gasteiger partial charge in [0.15, 0.2) is 5.60 Å². The minimum absolute atomic E-state index is 0.0323. The molecule has 5 heteroatoms. The molecule has 0 saturated heterocycles. The summed E-state index contributed by atoms with van der Waals surface area (Å²) in [5, 5.41) is 18.6. The maximum Gasteiger partial charge on any atom is 0.378 e. The second-order valence-electron chi connectivity index (χ2n) is 4.40. The van der Waals surface area contributed by atoms with Gasteiger partial charge in [-0.15, -0.1) is 0 Å². The van der Waals surface area contributed by atoms with E-state index in [1.54, 1.807) is 19.1 Å². The van der Waals surface area contributed by atoms with Crippen molar-refractivity contribution in [1.29, 1.82) is 0 Å². The van der Waals surface area contributed by atoms with E-state index < -0.39 is 17.5 Å². The summed E-state index contributed by atoms with van der Waals surface area (Å²) in [5.74, 6) is -6.47. The SMILES string of the molecule is Cc1ccc2c(c1)C(O)(C(F)(F)C(=O)O)CC2. The van der Waals surface area contributed by atoms with Gasteiger partial charge >= 0.3 is 11.9 Å². The second-order valence-corrected chi connectivity index (χ2v) is 4.40. The number of carboxylic acid groups (broad SMARTS) is 1. The van der Waals surface area contributed by atoms with Gasteiger partial charge in [-0.25, -0.2) is 4.79 Å². The Hall–Kier alpha value is -1.49. The largest absolute Gasteiger partial charge is 0.477 e. The number of alkyl halides is 2. The maximum atomic E-state index is 13.6. The van der Waals surface area contributed by atoms with E-state index in [1.165, 1.54) is 6.07 Å². The molecule has 0 saturated carbocycles.